The van der Waals surface area contributed by atoms with Crippen LogP contribution in [0.4, 0.5) is 0 Å². The zero-order valence-corrected chi connectivity index (χ0v) is 13.4. The molecule has 0 bridgehead atoms. The van der Waals surface area contributed by atoms with Crippen molar-refractivity contribution in [3.8, 4) is 0 Å². The Kier molecular flexibility index (Phi) is 6.27. The van der Waals surface area contributed by atoms with E-state index < -0.39 is 0 Å². The summed E-state index contributed by atoms with van der Waals surface area (Å²) in [5, 5.41) is 3.55. The molecule has 0 aromatic heterocycles. The van der Waals surface area contributed by atoms with Gasteiger partial charge in [0.05, 0.1) is 12.2 Å². The van der Waals surface area contributed by atoms with Gasteiger partial charge in [-0.05, 0) is 32.4 Å². The molecule has 112 valence electrons. The first-order chi connectivity index (χ1) is 8.86. The normalized spacial score (nSPS) is 25.7. The average Bonchev–Trinajstić information content (AvgIpc) is 2.62. The summed E-state index contributed by atoms with van der Waals surface area (Å²) >= 11 is 0. The highest BCUT2D eigenvalue weighted by Gasteiger charge is 2.40. The van der Waals surface area contributed by atoms with Gasteiger partial charge in [0, 0.05) is 13.1 Å². The third-order valence-corrected chi connectivity index (χ3v) is 3.99. The molecular weight excluding hydrogens is 238 g/mol. The number of nitrogens with one attached hydrogen (secondary N) is 1. The molecule has 0 spiro atoms. The van der Waals surface area contributed by atoms with E-state index in [-0.39, 0.29) is 12.2 Å². The van der Waals surface area contributed by atoms with E-state index in [1.165, 1.54) is 0 Å². The number of carbonyl (C=O) groups excluding carboxylic acids is 1. The highest BCUT2D eigenvalue weighted by molar-refractivity contribution is 5.84. The molecule has 1 amide bonds. The van der Waals surface area contributed by atoms with Crippen LogP contribution in [0, 0.1) is 11.8 Å². The van der Waals surface area contributed by atoms with E-state index in [0.29, 0.717) is 17.7 Å². The molecule has 4 heteroatoms. The minimum Gasteiger partial charge on any atom is -0.324 e. The van der Waals surface area contributed by atoms with E-state index in [2.05, 4.69) is 56.9 Å². The maximum atomic E-state index is 12.6. The summed E-state index contributed by atoms with van der Waals surface area (Å²) in [6.45, 7) is 10.5. The third kappa shape index (κ3) is 4.46. The van der Waals surface area contributed by atoms with E-state index in [9.17, 15) is 4.79 Å². The van der Waals surface area contributed by atoms with Gasteiger partial charge >= 0.3 is 0 Å². The van der Waals surface area contributed by atoms with Crippen molar-refractivity contribution in [1.29, 1.82) is 0 Å². The van der Waals surface area contributed by atoms with Gasteiger partial charge in [0.25, 0.3) is 0 Å². The fourth-order valence-electron chi connectivity index (χ4n) is 2.56. The van der Waals surface area contributed by atoms with Gasteiger partial charge in [0.15, 0.2) is 0 Å². The molecular formula is C15H31N3O. The van der Waals surface area contributed by atoms with E-state index in [1.807, 2.05) is 0 Å². The second kappa shape index (κ2) is 7.25. The maximum Gasteiger partial charge on any atom is 0.241 e. The van der Waals surface area contributed by atoms with Crippen molar-refractivity contribution in [3.05, 3.63) is 0 Å². The molecule has 1 heterocycles. The van der Waals surface area contributed by atoms with E-state index in [4.69, 9.17) is 0 Å². The standard InChI is InChI=1S/C15H31N3O/c1-7-12(4)14-15(19)18(9-8-17(5)6)13(16-14)10-11(2)3/h11-14,16H,7-10H2,1-6H3. The van der Waals surface area contributed by atoms with Crippen LogP contribution in [0.25, 0.3) is 0 Å². The third-order valence-electron chi connectivity index (χ3n) is 3.99. The van der Waals surface area contributed by atoms with Gasteiger partial charge in [0.1, 0.15) is 0 Å². The van der Waals surface area contributed by atoms with Gasteiger partial charge in [-0.2, -0.15) is 0 Å². The molecule has 0 aliphatic carbocycles. The molecule has 0 aromatic rings. The topological polar surface area (TPSA) is 35.6 Å². The maximum absolute atomic E-state index is 12.6. The number of rotatable bonds is 7. The van der Waals surface area contributed by atoms with Crippen LogP contribution in [0.5, 0.6) is 0 Å². The number of hydrogen-bond donors (Lipinski definition) is 1. The minimum absolute atomic E-state index is 0.0101. The molecule has 4 nitrogen and oxygen atoms in total. The monoisotopic (exact) mass is 269 g/mol. The molecule has 1 N–H and O–H groups in total. The number of nitrogens with zero attached hydrogens (tertiary/aromatic N) is 2. The Bertz CT molecular complexity index is 291. The van der Waals surface area contributed by atoms with Crippen LogP contribution < -0.4 is 5.32 Å². The molecule has 1 aliphatic rings. The van der Waals surface area contributed by atoms with Gasteiger partial charge in [-0.15, -0.1) is 0 Å². The quantitative estimate of drug-likeness (QED) is 0.765. The van der Waals surface area contributed by atoms with Crippen molar-refractivity contribution in [2.75, 3.05) is 27.2 Å². The van der Waals surface area contributed by atoms with Gasteiger partial charge < -0.3 is 9.80 Å². The van der Waals surface area contributed by atoms with Crippen LogP contribution in [0.3, 0.4) is 0 Å². The summed E-state index contributed by atoms with van der Waals surface area (Å²) in [5.41, 5.74) is 0. The lowest BCUT2D eigenvalue weighted by molar-refractivity contribution is -0.131. The Hall–Kier alpha value is -0.610. The van der Waals surface area contributed by atoms with Crippen LogP contribution >= 0.6 is 0 Å². The molecule has 0 saturated carbocycles. The van der Waals surface area contributed by atoms with Crippen LogP contribution in [0.15, 0.2) is 0 Å². The molecule has 0 radical (unpaired) electrons. The predicted octanol–water partition coefficient (Wildman–Crippen LogP) is 1.77. The molecule has 3 unspecified atom stereocenters. The van der Waals surface area contributed by atoms with Crippen molar-refractivity contribution >= 4 is 5.91 Å². The van der Waals surface area contributed by atoms with Crippen molar-refractivity contribution in [2.45, 2.75) is 52.7 Å². The first-order valence-corrected chi connectivity index (χ1v) is 7.58. The summed E-state index contributed by atoms with van der Waals surface area (Å²) in [6, 6.07) is 0.0101. The van der Waals surface area contributed by atoms with Crippen LogP contribution in [0.2, 0.25) is 0 Å². The molecule has 19 heavy (non-hydrogen) atoms. The van der Waals surface area contributed by atoms with Crippen molar-refractivity contribution in [3.63, 3.8) is 0 Å². The van der Waals surface area contributed by atoms with Crippen molar-refractivity contribution in [1.82, 2.24) is 15.1 Å². The Morgan fingerprint density at radius 1 is 1.32 bits per heavy atom. The summed E-state index contributed by atoms with van der Waals surface area (Å²) in [4.78, 5) is 16.7. The molecule has 1 rings (SSSR count). The average molecular weight is 269 g/mol. The Balaban J connectivity index is 2.73. The number of likely N-dealkylation sites (N-methyl/N-ethyl adjacent to an activating group) is 1. The van der Waals surface area contributed by atoms with E-state index in [1.54, 1.807) is 0 Å². The molecule has 1 fully saturated rings. The smallest absolute Gasteiger partial charge is 0.241 e. The first-order valence-electron chi connectivity index (χ1n) is 7.58. The zero-order valence-electron chi connectivity index (χ0n) is 13.4. The van der Waals surface area contributed by atoms with E-state index >= 15 is 0 Å². The van der Waals surface area contributed by atoms with Crippen LogP contribution in [-0.4, -0.2) is 55.1 Å². The van der Waals surface area contributed by atoms with Crippen molar-refractivity contribution < 1.29 is 4.79 Å². The molecule has 0 aromatic carbocycles. The lowest BCUT2D eigenvalue weighted by Gasteiger charge is -2.26. The highest BCUT2D eigenvalue weighted by Crippen LogP contribution is 2.22. The van der Waals surface area contributed by atoms with Gasteiger partial charge in [0.2, 0.25) is 5.91 Å². The summed E-state index contributed by atoms with van der Waals surface area (Å²) in [6.07, 6.45) is 2.29. The number of hydrogen-bond acceptors (Lipinski definition) is 3. The zero-order chi connectivity index (χ0) is 14.6. The van der Waals surface area contributed by atoms with Crippen molar-refractivity contribution in [2.24, 2.45) is 11.8 Å². The fourth-order valence-corrected chi connectivity index (χ4v) is 2.56. The van der Waals surface area contributed by atoms with Crippen LogP contribution in [0.1, 0.15) is 40.5 Å². The largest absolute Gasteiger partial charge is 0.324 e. The van der Waals surface area contributed by atoms with Crippen LogP contribution in [-0.2, 0) is 4.79 Å². The Morgan fingerprint density at radius 3 is 2.42 bits per heavy atom. The lowest BCUT2D eigenvalue weighted by Crippen LogP contribution is -2.41. The van der Waals surface area contributed by atoms with Gasteiger partial charge in [-0.1, -0.05) is 34.1 Å². The second-order valence-electron chi connectivity index (χ2n) is 6.51. The minimum atomic E-state index is 0.0101. The number of carbonyl (C=O) groups is 1. The molecule has 3 atom stereocenters. The fraction of sp³-hybridized carbons (Fsp3) is 0.933. The molecule has 1 aliphatic heterocycles. The van der Waals surface area contributed by atoms with Gasteiger partial charge in [-0.3, -0.25) is 10.1 Å². The Labute approximate surface area is 118 Å². The summed E-state index contributed by atoms with van der Waals surface area (Å²) in [7, 11) is 4.11. The second-order valence-corrected chi connectivity index (χ2v) is 6.51. The SMILES string of the molecule is CCC(C)C1NC(CC(C)C)N(CCN(C)C)C1=O. The summed E-state index contributed by atoms with van der Waals surface area (Å²) < 4.78 is 0. The number of amides is 1. The molecule has 1 saturated heterocycles. The Morgan fingerprint density at radius 2 is 1.95 bits per heavy atom. The van der Waals surface area contributed by atoms with Gasteiger partial charge in [-0.25, -0.2) is 0 Å². The first kappa shape index (κ1) is 16.4. The lowest BCUT2D eigenvalue weighted by atomic mass is 9.99. The van der Waals surface area contributed by atoms with E-state index in [0.717, 1.165) is 25.9 Å². The summed E-state index contributed by atoms with van der Waals surface area (Å²) in [5.74, 6) is 1.30. The highest BCUT2D eigenvalue weighted by atomic mass is 16.2. The predicted molar refractivity (Wildman–Crippen MR) is 79.9 cm³/mol.